The summed E-state index contributed by atoms with van der Waals surface area (Å²) in [6.07, 6.45) is 1.91. The molecule has 1 aliphatic rings. The summed E-state index contributed by atoms with van der Waals surface area (Å²) in [6, 6.07) is 0. The van der Waals surface area contributed by atoms with Gasteiger partial charge in [-0.25, -0.2) is 0 Å². The zero-order valence-electron chi connectivity index (χ0n) is 7.83. The average Bonchev–Trinajstić information content (AvgIpc) is 2.18. The molecule has 13 heavy (non-hydrogen) atoms. The van der Waals surface area contributed by atoms with Crippen molar-refractivity contribution in [1.29, 1.82) is 5.41 Å². The molecular formula is C8H18N4O. The molecule has 0 unspecified atom stereocenters. The lowest BCUT2D eigenvalue weighted by Gasteiger charge is -2.30. The van der Waals surface area contributed by atoms with Gasteiger partial charge in [-0.2, -0.15) is 5.90 Å². The van der Waals surface area contributed by atoms with Crippen LogP contribution in [0.15, 0.2) is 0 Å². The molecule has 76 valence electrons. The number of rotatable bonds is 3. The van der Waals surface area contributed by atoms with Gasteiger partial charge in [0.2, 0.25) is 5.90 Å². The van der Waals surface area contributed by atoms with Gasteiger partial charge in [0, 0.05) is 19.0 Å². The highest BCUT2D eigenvalue weighted by Gasteiger charge is 2.22. The van der Waals surface area contributed by atoms with Crippen molar-refractivity contribution in [3.63, 3.8) is 0 Å². The molecule has 1 aliphatic heterocycles. The van der Waals surface area contributed by atoms with Gasteiger partial charge in [0.25, 0.3) is 0 Å². The van der Waals surface area contributed by atoms with Crippen molar-refractivity contribution in [2.75, 3.05) is 26.2 Å². The fraction of sp³-hybridized carbons (Fsp3) is 0.875. The van der Waals surface area contributed by atoms with E-state index in [1.54, 1.807) is 0 Å². The molecule has 5 nitrogen and oxygen atoms in total. The molecule has 0 aromatic carbocycles. The summed E-state index contributed by atoms with van der Waals surface area (Å²) < 4.78 is 0. The standard InChI is InChI=1S/C8H18N4O/c9-3-6-12-4-1-7(2-5-12)8(10)13-11/h7,10H,1-6,9,11H2. The molecule has 0 amide bonds. The van der Waals surface area contributed by atoms with E-state index in [2.05, 4.69) is 9.74 Å². The van der Waals surface area contributed by atoms with Gasteiger partial charge in [0.15, 0.2) is 0 Å². The van der Waals surface area contributed by atoms with Crippen LogP contribution >= 0.6 is 0 Å². The predicted octanol–water partition coefficient (Wildman–Crippen LogP) is -0.475. The Morgan fingerprint density at radius 2 is 2.08 bits per heavy atom. The zero-order chi connectivity index (χ0) is 9.68. The Hall–Kier alpha value is -0.650. The molecular weight excluding hydrogens is 168 g/mol. The molecule has 1 saturated heterocycles. The third-order valence-corrected chi connectivity index (χ3v) is 2.53. The van der Waals surface area contributed by atoms with E-state index >= 15 is 0 Å². The lowest BCUT2D eigenvalue weighted by molar-refractivity contribution is 0.192. The van der Waals surface area contributed by atoms with Gasteiger partial charge in [-0.3, -0.25) is 5.41 Å². The van der Waals surface area contributed by atoms with E-state index in [1.165, 1.54) is 0 Å². The van der Waals surface area contributed by atoms with Crippen LogP contribution in [0.1, 0.15) is 12.8 Å². The van der Waals surface area contributed by atoms with Gasteiger partial charge in [0.1, 0.15) is 0 Å². The number of piperidine rings is 1. The first kappa shape index (κ1) is 10.4. The molecule has 0 aliphatic carbocycles. The van der Waals surface area contributed by atoms with Crippen LogP contribution in [0.5, 0.6) is 0 Å². The Morgan fingerprint density at radius 1 is 1.46 bits per heavy atom. The molecule has 5 N–H and O–H groups in total. The highest BCUT2D eigenvalue weighted by molar-refractivity contribution is 5.75. The third-order valence-electron chi connectivity index (χ3n) is 2.53. The Kier molecular flexibility index (Phi) is 4.14. The van der Waals surface area contributed by atoms with Crippen molar-refractivity contribution in [3.05, 3.63) is 0 Å². The summed E-state index contributed by atoms with van der Waals surface area (Å²) in [6.45, 7) is 3.64. The average molecular weight is 186 g/mol. The molecule has 1 rings (SSSR count). The lowest BCUT2D eigenvalue weighted by Crippen LogP contribution is -2.39. The second-order valence-electron chi connectivity index (χ2n) is 3.39. The van der Waals surface area contributed by atoms with E-state index in [1.807, 2.05) is 0 Å². The third kappa shape index (κ3) is 2.95. The van der Waals surface area contributed by atoms with Crippen LogP contribution in [0.3, 0.4) is 0 Å². The molecule has 1 fully saturated rings. The molecule has 1 heterocycles. The van der Waals surface area contributed by atoms with Crippen LogP contribution < -0.4 is 11.6 Å². The smallest absolute Gasteiger partial charge is 0.209 e. The maximum absolute atomic E-state index is 7.41. The normalized spacial score (nSPS) is 20.2. The van der Waals surface area contributed by atoms with Crippen molar-refractivity contribution in [3.8, 4) is 0 Å². The summed E-state index contributed by atoms with van der Waals surface area (Å²) in [4.78, 5) is 6.73. The Balaban J connectivity index is 2.26. The van der Waals surface area contributed by atoms with E-state index in [9.17, 15) is 0 Å². The topological polar surface area (TPSA) is 88.4 Å². The second-order valence-corrected chi connectivity index (χ2v) is 3.39. The van der Waals surface area contributed by atoms with Gasteiger partial charge in [0.05, 0.1) is 0 Å². The summed E-state index contributed by atoms with van der Waals surface area (Å²) >= 11 is 0. The number of nitrogens with two attached hydrogens (primary N) is 2. The van der Waals surface area contributed by atoms with E-state index in [4.69, 9.17) is 17.0 Å². The number of hydrogen-bond acceptors (Lipinski definition) is 5. The molecule has 0 saturated carbocycles. The fourth-order valence-electron chi connectivity index (χ4n) is 1.70. The Bertz CT molecular complexity index is 166. The highest BCUT2D eigenvalue weighted by atomic mass is 16.6. The van der Waals surface area contributed by atoms with Gasteiger partial charge >= 0.3 is 0 Å². The van der Waals surface area contributed by atoms with Crippen molar-refractivity contribution in [1.82, 2.24) is 4.90 Å². The van der Waals surface area contributed by atoms with Crippen LogP contribution in [0.2, 0.25) is 0 Å². The van der Waals surface area contributed by atoms with E-state index in [0.29, 0.717) is 6.54 Å². The lowest BCUT2D eigenvalue weighted by atomic mass is 9.97. The predicted molar refractivity (Wildman–Crippen MR) is 51.2 cm³/mol. The van der Waals surface area contributed by atoms with Gasteiger partial charge < -0.3 is 15.5 Å². The summed E-state index contributed by atoms with van der Waals surface area (Å²) in [7, 11) is 0. The van der Waals surface area contributed by atoms with Gasteiger partial charge in [-0.1, -0.05) is 0 Å². The van der Waals surface area contributed by atoms with Crippen LogP contribution in [0.25, 0.3) is 0 Å². The number of nitrogens with one attached hydrogen (secondary N) is 1. The van der Waals surface area contributed by atoms with Crippen LogP contribution in [0, 0.1) is 11.3 Å². The van der Waals surface area contributed by atoms with E-state index in [0.717, 1.165) is 32.5 Å². The minimum Gasteiger partial charge on any atom is -0.396 e. The zero-order valence-corrected chi connectivity index (χ0v) is 7.83. The Labute approximate surface area is 78.5 Å². The SMILES string of the molecule is N=C(ON)C1CCN(CCN)CC1. The number of nitrogens with zero attached hydrogens (tertiary/aromatic N) is 1. The Morgan fingerprint density at radius 3 is 2.54 bits per heavy atom. The second kappa shape index (κ2) is 5.16. The number of hydrogen-bond donors (Lipinski definition) is 3. The molecule has 0 aromatic rings. The quantitative estimate of drug-likeness (QED) is 0.316. The van der Waals surface area contributed by atoms with Crippen LogP contribution in [0.4, 0.5) is 0 Å². The minimum absolute atomic E-state index is 0.207. The molecule has 0 aromatic heterocycles. The molecule has 0 atom stereocenters. The van der Waals surface area contributed by atoms with Crippen molar-refractivity contribution in [2.24, 2.45) is 17.5 Å². The molecule has 5 heteroatoms. The molecule has 0 radical (unpaired) electrons. The summed E-state index contributed by atoms with van der Waals surface area (Å²) in [5.41, 5.74) is 5.45. The first-order chi connectivity index (χ1) is 6.27. The first-order valence-electron chi connectivity index (χ1n) is 4.65. The van der Waals surface area contributed by atoms with Crippen molar-refractivity contribution in [2.45, 2.75) is 12.8 Å². The van der Waals surface area contributed by atoms with E-state index in [-0.39, 0.29) is 11.8 Å². The van der Waals surface area contributed by atoms with Gasteiger partial charge in [-0.05, 0) is 25.9 Å². The number of likely N-dealkylation sites (tertiary alicyclic amines) is 1. The van der Waals surface area contributed by atoms with Gasteiger partial charge in [-0.15, -0.1) is 0 Å². The van der Waals surface area contributed by atoms with E-state index < -0.39 is 0 Å². The fourth-order valence-corrected chi connectivity index (χ4v) is 1.70. The largest absolute Gasteiger partial charge is 0.396 e. The van der Waals surface area contributed by atoms with Crippen molar-refractivity contribution >= 4 is 5.90 Å². The van der Waals surface area contributed by atoms with Crippen LogP contribution in [-0.2, 0) is 4.84 Å². The van der Waals surface area contributed by atoms with Crippen LogP contribution in [-0.4, -0.2) is 37.0 Å². The molecule has 0 bridgehead atoms. The molecule has 0 spiro atoms. The maximum atomic E-state index is 7.41. The van der Waals surface area contributed by atoms with Crippen molar-refractivity contribution < 1.29 is 4.84 Å². The summed E-state index contributed by atoms with van der Waals surface area (Å²) in [5.74, 6) is 5.36. The minimum atomic E-state index is 0.207. The highest BCUT2D eigenvalue weighted by Crippen LogP contribution is 2.17. The monoisotopic (exact) mass is 186 g/mol. The first-order valence-corrected chi connectivity index (χ1v) is 4.65. The summed E-state index contributed by atoms with van der Waals surface area (Å²) in [5, 5.41) is 7.41. The maximum Gasteiger partial charge on any atom is 0.209 e.